The average Bonchev–Trinajstić information content (AvgIpc) is 2.49. The van der Waals surface area contributed by atoms with E-state index in [1.54, 1.807) is 12.1 Å². The van der Waals surface area contributed by atoms with Crippen LogP contribution in [0.5, 0.6) is 0 Å². The van der Waals surface area contributed by atoms with Gasteiger partial charge in [0, 0.05) is 43.3 Å². The highest BCUT2D eigenvalue weighted by Gasteiger charge is 2.06. The highest BCUT2D eigenvalue weighted by Crippen LogP contribution is 1.97. The predicted octanol–water partition coefficient (Wildman–Crippen LogP) is 0.371. The minimum atomic E-state index is -1.11. The van der Waals surface area contributed by atoms with Crippen molar-refractivity contribution < 1.29 is 14.7 Å². The number of rotatable bonds is 5. The summed E-state index contributed by atoms with van der Waals surface area (Å²) in [7, 11) is 0. The minimum Gasteiger partial charge on any atom is -0.478 e. The molecule has 7 heteroatoms. The fourth-order valence-electron chi connectivity index (χ4n) is 1.73. The second kappa shape index (κ2) is 6.47. The summed E-state index contributed by atoms with van der Waals surface area (Å²) in [6, 6.07) is 5.59. The molecule has 0 aromatic carbocycles. The number of carboxylic acids is 1. The second-order valence-corrected chi connectivity index (χ2v) is 4.25. The molecular formula is C14H13N3O4. The number of amides is 1. The zero-order chi connectivity index (χ0) is 15.2. The molecule has 0 saturated carbocycles. The van der Waals surface area contributed by atoms with Crippen LogP contribution in [0, 0.1) is 0 Å². The lowest BCUT2D eigenvalue weighted by atomic mass is 10.2. The number of nitrogens with one attached hydrogen (secondary N) is 1. The molecule has 2 N–H and O–H groups in total. The largest absolute Gasteiger partial charge is 0.478 e. The van der Waals surface area contributed by atoms with Gasteiger partial charge in [0.1, 0.15) is 0 Å². The van der Waals surface area contributed by atoms with Gasteiger partial charge in [0.05, 0.1) is 5.56 Å². The summed E-state index contributed by atoms with van der Waals surface area (Å²) in [5, 5.41) is 11.5. The van der Waals surface area contributed by atoms with Gasteiger partial charge in [0.25, 0.3) is 11.5 Å². The first-order valence-electron chi connectivity index (χ1n) is 6.20. The average molecular weight is 287 g/mol. The van der Waals surface area contributed by atoms with Crippen molar-refractivity contribution in [1.82, 2.24) is 14.9 Å². The second-order valence-electron chi connectivity index (χ2n) is 4.25. The van der Waals surface area contributed by atoms with E-state index in [4.69, 9.17) is 5.11 Å². The van der Waals surface area contributed by atoms with Crippen LogP contribution in [0.4, 0.5) is 0 Å². The molecule has 0 bridgehead atoms. The van der Waals surface area contributed by atoms with E-state index in [1.807, 2.05) is 0 Å². The van der Waals surface area contributed by atoms with Crippen molar-refractivity contribution in [3.05, 3.63) is 64.3 Å². The summed E-state index contributed by atoms with van der Waals surface area (Å²) in [5.74, 6) is -1.38. The van der Waals surface area contributed by atoms with Crippen LogP contribution < -0.4 is 10.9 Å². The lowest BCUT2D eigenvalue weighted by Gasteiger charge is -2.08. The zero-order valence-corrected chi connectivity index (χ0v) is 11.0. The number of hydrogen-bond donors (Lipinski definition) is 2. The van der Waals surface area contributed by atoms with Gasteiger partial charge < -0.3 is 15.0 Å². The molecule has 0 aliphatic carbocycles. The molecule has 2 aromatic rings. The fourth-order valence-corrected chi connectivity index (χ4v) is 1.73. The first-order valence-corrected chi connectivity index (χ1v) is 6.20. The van der Waals surface area contributed by atoms with Crippen LogP contribution in [0.25, 0.3) is 0 Å². The number of hydrogen-bond acceptors (Lipinski definition) is 4. The Morgan fingerprint density at radius 2 is 1.86 bits per heavy atom. The molecule has 21 heavy (non-hydrogen) atoms. The van der Waals surface area contributed by atoms with Gasteiger partial charge in [-0.2, -0.15) is 0 Å². The Morgan fingerprint density at radius 1 is 1.14 bits per heavy atom. The molecule has 2 heterocycles. The number of carbonyl (C=O) groups is 2. The van der Waals surface area contributed by atoms with Gasteiger partial charge in [0.15, 0.2) is 0 Å². The summed E-state index contributed by atoms with van der Waals surface area (Å²) in [6.45, 7) is 0.404. The Balaban J connectivity index is 1.98. The number of carboxylic acid groups (broad SMARTS) is 1. The van der Waals surface area contributed by atoms with Gasteiger partial charge in [-0.1, -0.05) is 0 Å². The lowest BCUT2D eigenvalue weighted by Crippen LogP contribution is -2.30. The van der Waals surface area contributed by atoms with Gasteiger partial charge in [-0.3, -0.25) is 14.6 Å². The van der Waals surface area contributed by atoms with Crippen LogP contribution in [-0.2, 0) is 6.54 Å². The Bertz CT molecular complexity index is 710. The van der Waals surface area contributed by atoms with E-state index < -0.39 is 5.97 Å². The van der Waals surface area contributed by atoms with E-state index in [2.05, 4.69) is 10.3 Å². The van der Waals surface area contributed by atoms with Gasteiger partial charge in [-0.05, 0) is 18.2 Å². The Hall–Kier alpha value is -2.96. The van der Waals surface area contributed by atoms with E-state index in [1.165, 1.54) is 35.3 Å². The zero-order valence-electron chi connectivity index (χ0n) is 11.0. The predicted molar refractivity (Wildman–Crippen MR) is 74.2 cm³/mol. The topological polar surface area (TPSA) is 101 Å². The molecule has 0 radical (unpaired) electrons. The molecule has 2 aromatic heterocycles. The SMILES string of the molecule is O=C(O)c1ccc(=O)n(CCNC(=O)c2ccncc2)c1. The highest BCUT2D eigenvalue weighted by molar-refractivity contribution is 5.93. The van der Waals surface area contributed by atoms with Gasteiger partial charge in [-0.25, -0.2) is 4.79 Å². The highest BCUT2D eigenvalue weighted by atomic mass is 16.4. The molecule has 0 fully saturated rings. The summed E-state index contributed by atoms with van der Waals surface area (Å²) < 4.78 is 1.25. The molecule has 7 nitrogen and oxygen atoms in total. The van der Waals surface area contributed by atoms with Crippen molar-refractivity contribution in [3.63, 3.8) is 0 Å². The van der Waals surface area contributed by atoms with Crippen molar-refractivity contribution in [1.29, 1.82) is 0 Å². The third-order valence-electron chi connectivity index (χ3n) is 2.81. The summed E-state index contributed by atoms with van der Waals surface area (Å²) in [4.78, 5) is 38.0. The van der Waals surface area contributed by atoms with E-state index in [0.29, 0.717) is 5.56 Å². The Labute approximate surface area is 119 Å². The molecule has 0 unspecified atom stereocenters. The molecule has 108 valence electrons. The van der Waals surface area contributed by atoms with Gasteiger partial charge >= 0.3 is 5.97 Å². The van der Waals surface area contributed by atoms with E-state index >= 15 is 0 Å². The maximum absolute atomic E-state index is 11.8. The summed E-state index contributed by atoms with van der Waals surface area (Å²) >= 11 is 0. The first kappa shape index (κ1) is 14.4. The monoisotopic (exact) mass is 287 g/mol. The van der Waals surface area contributed by atoms with Crippen LogP contribution in [0.2, 0.25) is 0 Å². The standard InChI is InChI=1S/C14H13N3O4/c18-12-2-1-11(14(20)21)9-17(12)8-7-16-13(19)10-3-5-15-6-4-10/h1-6,9H,7-8H2,(H,16,19)(H,20,21). The van der Waals surface area contributed by atoms with E-state index in [0.717, 1.165) is 0 Å². The van der Waals surface area contributed by atoms with Crippen molar-refractivity contribution in [3.8, 4) is 0 Å². The van der Waals surface area contributed by atoms with Gasteiger partial charge in [-0.15, -0.1) is 0 Å². The molecule has 0 aliphatic heterocycles. The van der Waals surface area contributed by atoms with Gasteiger partial charge in [0.2, 0.25) is 0 Å². The number of nitrogens with zero attached hydrogens (tertiary/aromatic N) is 2. The van der Waals surface area contributed by atoms with Crippen molar-refractivity contribution in [2.45, 2.75) is 6.54 Å². The number of pyridine rings is 2. The van der Waals surface area contributed by atoms with Crippen molar-refractivity contribution in [2.75, 3.05) is 6.54 Å². The molecule has 2 rings (SSSR count). The Kier molecular flexibility index (Phi) is 4.45. The third-order valence-corrected chi connectivity index (χ3v) is 2.81. The molecule has 0 spiro atoms. The molecule has 1 amide bonds. The Morgan fingerprint density at radius 3 is 2.52 bits per heavy atom. The molecule has 0 atom stereocenters. The molecule has 0 saturated heterocycles. The molecule has 0 aliphatic rings. The first-order chi connectivity index (χ1) is 10.1. The fraction of sp³-hybridized carbons (Fsp3) is 0.143. The molecular weight excluding hydrogens is 274 g/mol. The van der Waals surface area contributed by atoms with Crippen LogP contribution in [0.15, 0.2) is 47.7 Å². The summed E-state index contributed by atoms with van der Waals surface area (Å²) in [6.07, 6.45) is 4.27. The van der Waals surface area contributed by atoms with E-state index in [-0.39, 0.29) is 30.1 Å². The van der Waals surface area contributed by atoms with Crippen LogP contribution in [-0.4, -0.2) is 33.1 Å². The van der Waals surface area contributed by atoms with Crippen molar-refractivity contribution >= 4 is 11.9 Å². The van der Waals surface area contributed by atoms with Crippen molar-refractivity contribution in [2.24, 2.45) is 0 Å². The minimum absolute atomic E-state index is 0.0232. The maximum atomic E-state index is 11.8. The number of aromatic nitrogens is 2. The third kappa shape index (κ3) is 3.75. The number of carbonyl (C=O) groups excluding carboxylic acids is 1. The smallest absolute Gasteiger partial charge is 0.337 e. The lowest BCUT2D eigenvalue weighted by molar-refractivity contribution is 0.0695. The summed E-state index contributed by atoms with van der Waals surface area (Å²) in [5.41, 5.74) is 0.171. The van der Waals surface area contributed by atoms with Crippen LogP contribution >= 0.6 is 0 Å². The maximum Gasteiger partial charge on any atom is 0.337 e. The quantitative estimate of drug-likeness (QED) is 0.827. The van der Waals surface area contributed by atoms with Crippen LogP contribution in [0.3, 0.4) is 0 Å². The van der Waals surface area contributed by atoms with E-state index in [9.17, 15) is 14.4 Å². The van der Waals surface area contributed by atoms with Crippen LogP contribution in [0.1, 0.15) is 20.7 Å². The normalized spacial score (nSPS) is 10.1. The number of aromatic carboxylic acids is 1.